The maximum absolute atomic E-state index is 13.2. The summed E-state index contributed by atoms with van der Waals surface area (Å²) in [7, 11) is 0. The maximum Gasteiger partial charge on any atom is 0.276 e. The summed E-state index contributed by atoms with van der Waals surface area (Å²) in [6.07, 6.45) is 2.01. The van der Waals surface area contributed by atoms with Crippen LogP contribution in [0.25, 0.3) is 17.1 Å². The summed E-state index contributed by atoms with van der Waals surface area (Å²) in [6, 6.07) is 17.7. The Morgan fingerprint density at radius 1 is 1.14 bits per heavy atom. The molecule has 0 saturated heterocycles. The molecular weight excluding hydrogens is 386 g/mol. The number of thioether (sulfide) groups is 1. The Bertz CT molecular complexity index is 1080. The molecule has 142 valence electrons. The maximum atomic E-state index is 13.2. The van der Waals surface area contributed by atoms with Crippen LogP contribution in [0.15, 0.2) is 58.2 Å². The largest absolute Gasteiger partial charge is 0.276 e. The molecule has 0 fully saturated rings. The highest BCUT2D eigenvalue weighted by atomic mass is 32.2. The van der Waals surface area contributed by atoms with Gasteiger partial charge in [0.05, 0.1) is 11.4 Å². The van der Waals surface area contributed by atoms with E-state index in [2.05, 4.69) is 31.5 Å². The molecule has 0 spiro atoms. The number of rotatable bonds is 5. The van der Waals surface area contributed by atoms with Crippen LogP contribution in [0, 0.1) is 11.3 Å². The summed E-state index contributed by atoms with van der Waals surface area (Å²) in [6.45, 7) is 4.24. The first-order valence-corrected chi connectivity index (χ1v) is 10.8. The van der Waals surface area contributed by atoms with Gasteiger partial charge in [-0.15, -0.1) is 11.8 Å². The smallest absolute Gasteiger partial charge is 0.267 e. The number of benzene rings is 2. The molecule has 6 heteroatoms. The van der Waals surface area contributed by atoms with Gasteiger partial charge in [-0.1, -0.05) is 38.1 Å². The van der Waals surface area contributed by atoms with E-state index in [1.54, 1.807) is 11.8 Å². The van der Waals surface area contributed by atoms with E-state index in [0.717, 1.165) is 10.5 Å². The van der Waals surface area contributed by atoms with Crippen molar-refractivity contribution >= 4 is 24.4 Å². The highest BCUT2D eigenvalue weighted by Crippen LogP contribution is 2.25. The van der Waals surface area contributed by atoms with Gasteiger partial charge in [0, 0.05) is 16.2 Å². The van der Waals surface area contributed by atoms with E-state index in [4.69, 9.17) is 0 Å². The zero-order valence-corrected chi connectivity index (χ0v) is 17.7. The predicted octanol–water partition coefficient (Wildman–Crippen LogP) is 5.05. The first-order valence-electron chi connectivity index (χ1n) is 8.91. The van der Waals surface area contributed by atoms with Gasteiger partial charge in [0.2, 0.25) is 0 Å². The van der Waals surface area contributed by atoms with Crippen LogP contribution in [0.5, 0.6) is 0 Å². The van der Waals surface area contributed by atoms with E-state index in [9.17, 15) is 10.1 Å². The molecule has 0 bridgehead atoms. The van der Waals surface area contributed by atoms with Crippen molar-refractivity contribution in [2.75, 3.05) is 6.26 Å². The third kappa shape index (κ3) is 3.87. The minimum absolute atomic E-state index is 0.0346. The third-order valence-corrected chi connectivity index (χ3v) is 5.63. The fraction of sp³-hybridized carbons (Fsp3) is 0.227. The van der Waals surface area contributed by atoms with Gasteiger partial charge in [-0.05, 0) is 42.0 Å². The molecule has 0 atom stereocenters. The SMILES string of the molecule is CSc1ccc(-c2nc(CS)c(C#N)c(=O)n2-c2ccc(C(C)C)cc2)cc1. The molecule has 1 aromatic heterocycles. The van der Waals surface area contributed by atoms with E-state index >= 15 is 0 Å². The van der Waals surface area contributed by atoms with Crippen molar-refractivity contribution in [3.63, 3.8) is 0 Å². The molecule has 0 unspecified atom stereocenters. The first-order chi connectivity index (χ1) is 13.5. The van der Waals surface area contributed by atoms with Gasteiger partial charge < -0.3 is 0 Å². The van der Waals surface area contributed by atoms with E-state index in [1.807, 2.05) is 60.9 Å². The Morgan fingerprint density at radius 3 is 2.29 bits per heavy atom. The fourth-order valence-electron chi connectivity index (χ4n) is 2.97. The average Bonchev–Trinajstić information content (AvgIpc) is 2.73. The van der Waals surface area contributed by atoms with Crippen molar-refractivity contribution in [2.45, 2.75) is 30.4 Å². The molecule has 4 nitrogen and oxygen atoms in total. The van der Waals surface area contributed by atoms with Crippen LogP contribution in [0.2, 0.25) is 0 Å². The van der Waals surface area contributed by atoms with Crippen molar-refractivity contribution in [1.82, 2.24) is 9.55 Å². The summed E-state index contributed by atoms with van der Waals surface area (Å²) in [4.78, 5) is 18.9. The fourth-order valence-corrected chi connectivity index (χ4v) is 3.61. The summed E-state index contributed by atoms with van der Waals surface area (Å²) < 4.78 is 1.52. The molecule has 28 heavy (non-hydrogen) atoms. The quantitative estimate of drug-likeness (QED) is 0.475. The van der Waals surface area contributed by atoms with E-state index in [1.165, 1.54) is 10.1 Å². The van der Waals surface area contributed by atoms with Gasteiger partial charge in [-0.3, -0.25) is 9.36 Å². The van der Waals surface area contributed by atoms with Crippen LogP contribution in [0.3, 0.4) is 0 Å². The molecule has 2 aromatic carbocycles. The monoisotopic (exact) mass is 407 g/mol. The number of hydrogen-bond donors (Lipinski definition) is 1. The van der Waals surface area contributed by atoms with Gasteiger partial charge in [0.25, 0.3) is 5.56 Å². The lowest BCUT2D eigenvalue weighted by Gasteiger charge is -2.16. The highest BCUT2D eigenvalue weighted by Gasteiger charge is 2.18. The van der Waals surface area contributed by atoms with Gasteiger partial charge in [0.1, 0.15) is 17.5 Å². The number of thiol groups is 1. The molecule has 3 aromatic rings. The van der Waals surface area contributed by atoms with E-state index < -0.39 is 0 Å². The van der Waals surface area contributed by atoms with Crippen molar-refractivity contribution in [2.24, 2.45) is 0 Å². The topological polar surface area (TPSA) is 58.7 Å². The van der Waals surface area contributed by atoms with E-state index in [-0.39, 0.29) is 16.9 Å². The summed E-state index contributed by atoms with van der Waals surface area (Å²) in [5.41, 5.74) is 2.75. The molecule has 0 N–H and O–H groups in total. The molecule has 0 amide bonds. The standard InChI is InChI=1S/C22H21N3OS2/c1-14(2)15-4-8-17(9-5-15)25-21(16-6-10-18(28-3)11-7-16)24-20(13-27)19(12-23)22(25)26/h4-11,14,27H,13H2,1-3H3. The first kappa shape index (κ1) is 20.2. The van der Waals surface area contributed by atoms with Crippen LogP contribution in [0.1, 0.15) is 36.6 Å². The number of hydrogen-bond acceptors (Lipinski definition) is 5. The lowest BCUT2D eigenvalue weighted by atomic mass is 10.0. The lowest BCUT2D eigenvalue weighted by Crippen LogP contribution is -2.26. The normalized spacial score (nSPS) is 10.9. The molecule has 0 aliphatic heterocycles. The molecule has 0 saturated carbocycles. The second-order valence-corrected chi connectivity index (χ2v) is 7.84. The van der Waals surface area contributed by atoms with E-state index in [0.29, 0.717) is 23.1 Å². The number of nitrogens with zero attached hydrogens (tertiary/aromatic N) is 3. The van der Waals surface area contributed by atoms with Gasteiger partial charge in [-0.25, -0.2) is 4.98 Å². The molecule has 0 aliphatic rings. The van der Waals surface area contributed by atoms with Crippen molar-refractivity contribution in [3.05, 3.63) is 75.7 Å². The molecule has 1 heterocycles. The lowest BCUT2D eigenvalue weighted by molar-refractivity contribution is 0.862. The van der Waals surface area contributed by atoms with Crippen molar-refractivity contribution in [3.8, 4) is 23.1 Å². The predicted molar refractivity (Wildman–Crippen MR) is 119 cm³/mol. The van der Waals surface area contributed by atoms with Crippen LogP contribution in [0.4, 0.5) is 0 Å². The minimum Gasteiger partial charge on any atom is -0.267 e. The summed E-state index contributed by atoms with van der Waals surface area (Å²) >= 11 is 5.91. The zero-order valence-electron chi connectivity index (χ0n) is 16.0. The van der Waals surface area contributed by atoms with Crippen LogP contribution in [-0.4, -0.2) is 15.8 Å². The van der Waals surface area contributed by atoms with Gasteiger partial charge in [-0.2, -0.15) is 17.9 Å². The van der Waals surface area contributed by atoms with Crippen LogP contribution < -0.4 is 5.56 Å². The molecule has 0 aliphatic carbocycles. The number of nitriles is 1. The third-order valence-electron chi connectivity index (χ3n) is 4.59. The van der Waals surface area contributed by atoms with Crippen molar-refractivity contribution < 1.29 is 0 Å². The Kier molecular flexibility index (Phi) is 6.28. The van der Waals surface area contributed by atoms with Crippen molar-refractivity contribution in [1.29, 1.82) is 5.26 Å². The summed E-state index contributed by atoms with van der Waals surface area (Å²) in [5, 5.41) is 9.51. The van der Waals surface area contributed by atoms with Crippen LogP contribution >= 0.6 is 24.4 Å². The summed E-state index contributed by atoms with van der Waals surface area (Å²) in [5.74, 6) is 1.13. The second kappa shape index (κ2) is 8.68. The Balaban J connectivity index is 2.29. The van der Waals surface area contributed by atoms with Gasteiger partial charge >= 0.3 is 0 Å². The zero-order chi connectivity index (χ0) is 20.3. The second-order valence-electron chi connectivity index (χ2n) is 6.64. The Morgan fingerprint density at radius 2 is 1.79 bits per heavy atom. The van der Waals surface area contributed by atoms with Crippen LogP contribution in [-0.2, 0) is 5.75 Å². The average molecular weight is 408 g/mol. The molecular formula is C22H21N3OS2. The number of aromatic nitrogens is 2. The van der Waals surface area contributed by atoms with Gasteiger partial charge in [0.15, 0.2) is 0 Å². The highest BCUT2D eigenvalue weighted by molar-refractivity contribution is 7.98. The molecule has 3 rings (SSSR count). The minimum atomic E-state index is -0.372. The Hall–Kier alpha value is -2.49. The Labute approximate surface area is 174 Å². The molecule has 0 radical (unpaired) electrons.